The van der Waals surface area contributed by atoms with E-state index in [2.05, 4.69) is 5.32 Å². The predicted molar refractivity (Wildman–Crippen MR) is 96.4 cm³/mol. The Hall–Kier alpha value is -2.34. The Morgan fingerprint density at radius 1 is 1.04 bits per heavy atom. The number of amides is 1. The van der Waals surface area contributed by atoms with Gasteiger partial charge in [0.25, 0.3) is 0 Å². The van der Waals surface area contributed by atoms with E-state index >= 15 is 0 Å². The molecule has 1 N–H and O–H groups in total. The number of anilines is 1. The maximum atomic E-state index is 12.2. The Bertz CT molecular complexity index is 817. The Morgan fingerprint density at radius 3 is 2.29 bits per heavy atom. The van der Waals surface area contributed by atoms with Gasteiger partial charge in [0, 0.05) is 6.54 Å². The lowest BCUT2D eigenvalue weighted by molar-refractivity contribution is -0.119. The molecule has 0 aromatic heterocycles. The van der Waals surface area contributed by atoms with Gasteiger partial charge in [-0.3, -0.25) is 9.10 Å². The van der Waals surface area contributed by atoms with Gasteiger partial charge in [0.2, 0.25) is 15.9 Å². The summed E-state index contributed by atoms with van der Waals surface area (Å²) >= 11 is 0. The van der Waals surface area contributed by atoms with E-state index in [0.29, 0.717) is 12.2 Å². The molecule has 0 aliphatic heterocycles. The number of rotatable bonds is 6. The third kappa shape index (κ3) is 4.83. The van der Waals surface area contributed by atoms with Gasteiger partial charge in [-0.15, -0.1) is 0 Å². The van der Waals surface area contributed by atoms with Crippen LogP contribution in [0.4, 0.5) is 5.69 Å². The van der Waals surface area contributed by atoms with Gasteiger partial charge in [0.05, 0.1) is 11.9 Å². The van der Waals surface area contributed by atoms with Gasteiger partial charge in [-0.05, 0) is 42.7 Å². The maximum Gasteiger partial charge on any atom is 0.241 e. The molecule has 0 radical (unpaired) electrons. The first kappa shape index (κ1) is 18.0. The molecule has 0 saturated heterocycles. The summed E-state index contributed by atoms with van der Waals surface area (Å²) in [6.07, 6.45) is 1.10. The van der Waals surface area contributed by atoms with Crippen LogP contribution in [0.3, 0.4) is 0 Å². The van der Waals surface area contributed by atoms with Gasteiger partial charge >= 0.3 is 0 Å². The number of sulfonamides is 1. The second-order valence-electron chi connectivity index (χ2n) is 5.80. The number of hydrogen-bond donors (Lipinski definition) is 1. The van der Waals surface area contributed by atoms with Gasteiger partial charge in [0.15, 0.2) is 0 Å². The summed E-state index contributed by atoms with van der Waals surface area (Å²) < 4.78 is 25.3. The van der Waals surface area contributed by atoms with Crippen molar-refractivity contribution >= 4 is 21.6 Å². The maximum absolute atomic E-state index is 12.2. The molecule has 6 heteroatoms. The number of benzene rings is 2. The molecule has 0 unspecified atom stereocenters. The monoisotopic (exact) mass is 346 g/mol. The van der Waals surface area contributed by atoms with Crippen LogP contribution in [-0.4, -0.2) is 27.1 Å². The van der Waals surface area contributed by atoms with Crippen molar-refractivity contribution in [2.75, 3.05) is 17.1 Å². The molecule has 0 heterocycles. The summed E-state index contributed by atoms with van der Waals surface area (Å²) in [6, 6.07) is 14.8. The second kappa shape index (κ2) is 7.49. The van der Waals surface area contributed by atoms with Crippen LogP contribution in [0.2, 0.25) is 0 Å². The first-order chi connectivity index (χ1) is 11.3. The summed E-state index contributed by atoms with van der Waals surface area (Å²) in [5.74, 6) is -0.345. The average molecular weight is 346 g/mol. The van der Waals surface area contributed by atoms with Crippen LogP contribution in [-0.2, 0) is 21.4 Å². The van der Waals surface area contributed by atoms with Gasteiger partial charge in [-0.2, -0.15) is 0 Å². The first-order valence-electron chi connectivity index (χ1n) is 7.63. The van der Waals surface area contributed by atoms with E-state index in [0.717, 1.165) is 27.3 Å². The second-order valence-corrected chi connectivity index (χ2v) is 7.71. The third-order valence-electron chi connectivity index (χ3n) is 3.80. The number of carbonyl (C=O) groups excluding carboxylic acids is 1. The van der Waals surface area contributed by atoms with Gasteiger partial charge in [-0.25, -0.2) is 8.42 Å². The molecule has 0 aliphatic rings. The van der Waals surface area contributed by atoms with Crippen molar-refractivity contribution in [1.82, 2.24) is 5.32 Å². The van der Waals surface area contributed by atoms with Crippen molar-refractivity contribution in [3.8, 4) is 0 Å². The summed E-state index contributed by atoms with van der Waals surface area (Å²) in [5, 5.41) is 2.75. The minimum atomic E-state index is -3.55. The quantitative estimate of drug-likeness (QED) is 0.873. The number of aryl methyl sites for hydroxylation is 2. The molecule has 0 atom stereocenters. The van der Waals surface area contributed by atoms with Crippen LogP contribution < -0.4 is 9.62 Å². The van der Waals surface area contributed by atoms with Crippen LogP contribution >= 0.6 is 0 Å². The summed E-state index contributed by atoms with van der Waals surface area (Å²) in [4.78, 5) is 12.2. The minimum absolute atomic E-state index is 0.242. The highest BCUT2D eigenvalue weighted by Crippen LogP contribution is 2.21. The number of carbonyl (C=O) groups is 1. The lowest BCUT2D eigenvalue weighted by atomic mass is 10.1. The molecule has 2 aromatic carbocycles. The number of nitrogens with zero attached hydrogens (tertiary/aromatic N) is 1. The van der Waals surface area contributed by atoms with E-state index in [1.54, 1.807) is 12.1 Å². The van der Waals surface area contributed by atoms with Crippen LogP contribution in [0.5, 0.6) is 0 Å². The van der Waals surface area contributed by atoms with Crippen molar-refractivity contribution in [2.45, 2.75) is 20.4 Å². The van der Waals surface area contributed by atoms with Crippen LogP contribution in [0, 0.1) is 13.8 Å². The minimum Gasteiger partial charge on any atom is -0.350 e. The molecule has 1 amide bonds. The van der Waals surface area contributed by atoms with Gasteiger partial charge in [-0.1, -0.05) is 36.4 Å². The highest BCUT2D eigenvalue weighted by Gasteiger charge is 2.21. The zero-order valence-electron chi connectivity index (χ0n) is 14.1. The molecular weight excluding hydrogens is 324 g/mol. The van der Waals surface area contributed by atoms with Crippen LogP contribution in [0.1, 0.15) is 16.7 Å². The standard InChI is InChI=1S/C18H22N2O3S/c1-14-9-10-17(11-15(14)2)20(24(3,22)23)13-18(21)19-12-16-7-5-4-6-8-16/h4-11H,12-13H2,1-3H3,(H,19,21). The van der Waals surface area contributed by atoms with E-state index in [4.69, 9.17) is 0 Å². The Labute approximate surface area is 143 Å². The van der Waals surface area contributed by atoms with Crippen molar-refractivity contribution in [2.24, 2.45) is 0 Å². The highest BCUT2D eigenvalue weighted by atomic mass is 32.2. The summed E-state index contributed by atoms with van der Waals surface area (Å²) in [5.41, 5.74) is 3.50. The zero-order chi connectivity index (χ0) is 17.7. The molecule has 2 aromatic rings. The summed E-state index contributed by atoms with van der Waals surface area (Å²) in [7, 11) is -3.55. The smallest absolute Gasteiger partial charge is 0.241 e. The lowest BCUT2D eigenvalue weighted by Gasteiger charge is -2.22. The Balaban J connectivity index is 2.11. The number of hydrogen-bond acceptors (Lipinski definition) is 3. The first-order valence-corrected chi connectivity index (χ1v) is 9.48. The molecule has 24 heavy (non-hydrogen) atoms. The molecule has 0 saturated carbocycles. The van der Waals surface area contributed by atoms with Gasteiger partial charge in [0.1, 0.15) is 6.54 Å². The molecule has 0 spiro atoms. The van der Waals surface area contributed by atoms with Crippen molar-refractivity contribution in [1.29, 1.82) is 0 Å². The largest absolute Gasteiger partial charge is 0.350 e. The fourth-order valence-electron chi connectivity index (χ4n) is 2.26. The molecule has 2 rings (SSSR count). The van der Waals surface area contributed by atoms with E-state index < -0.39 is 10.0 Å². The van der Waals surface area contributed by atoms with E-state index in [1.165, 1.54) is 0 Å². The summed E-state index contributed by atoms with van der Waals surface area (Å²) in [6.45, 7) is 3.99. The highest BCUT2D eigenvalue weighted by molar-refractivity contribution is 7.92. The Kier molecular flexibility index (Phi) is 5.62. The van der Waals surface area contributed by atoms with E-state index in [1.807, 2.05) is 50.2 Å². The van der Waals surface area contributed by atoms with Gasteiger partial charge < -0.3 is 5.32 Å². The van der Waals surface area contributed by atoms with E-state index in [9.17, 15) is 13.2 Å². The topological polar surface area (TPSA) is 66.5 Å². The van der Waals surface area contributed by atoms with Crippen LogP contribution in [0.25, 0.3) is 0 Å². The average Bonchev–Trinajstić information content (AvgIpc) is 2.53. The van der Waals surface area contributed by atoms with E-state index in [-0.39, 0.29) is 12.5 Å². The molecular formula is C18H22N2O3S. The molecule has 0 aliphatic carbocycles. The van der Waals surface area contributed by atoms with Crippen molar-refractivity contribution in [3.05, 3.63) is 65.2 Å². The van der Waals surface area contributed by atoms with Crippen LogP contribution in [0.15, 0.2) is 48.5 Å². The molecule has 0 bridgehead atoms. The third-order valence-corrected chi connectivity index (χ3v) is 4.94. The SMILES string of the molecule is Cc1ccc(N(CC(=O)NCc2ccccc2)S(C)(=O)=O)cc1C. The van der Waals surface area contributed by atoms with Crippen molar-refractivity contribution in [3.63, 3.8) is 0 Å². The normalized spacial score (nSPS) is 11.1. The fraction of sp³-hybridized carbons (Fsp3) is 0.278. The predicted octanol–water partition coefficient (Wildman–Crippen LogP) is 2.39. The van der Waals surface area contributed by atoms with Crippen molar-refractivity contribution < 1.29 is 13.2 Å². The number of nitrogens with one attached hydrogen (secondary N) is 1. The Morgan fingerprint density at radius 2 is 1.71 bits per heavy atom. The molecule has 128 valence electrons. The molecule has 0 fully saturated rings. The zero-order valence-corrected chi connectivity index (χ0v) is 14.9. The fourth-order valence-corrected chi connectivity index (χ4v) is 3.11. The molecule has 5 nitrogen and oxygen atoms in total. The lowest BCUT2D eigenvalue weighted by Crippen LogP contribution is -2.40.